The largest absolute Gasteiger partial charge is 1.00 e. The van der Waals surface area contributed by atoms with Crippen LogP contribution in [0.3, 0.4) is 0 Å². The van der Waals surface area contributed by atoms with Crippen molar-refractivity contribution in [2.24, 2.45) is 0 Å². The molecule has 0 spiro atoms. The fraction of sp³-hybridized carbons (Fsp3) is 0.400. The van der Waals surface area contributed by atoms with E-state index in [1.807, 2.05) is 79.5 Å². The van der Waals surface area contributed by atoms with E-state index in [0.29, 0.717) is 43.6 Å². The molecule has 0 atom stereocenters. The Balaban J connectivity index is 0.00000451. The standard InChI is InChI=1S/C35H44N2O9S3.3K/c1-34(2)28-16-10-11-17-30(28)36(22-12-14-24-47(38,39)40)32(34)18-8-6-5-7-9-19-33-35(3,4)29-26-27(49(44,45)46)20-21-31(29)37(33)23-13-15-25-48(41,42)43;;;/h5-9,11,16-21,26H,12-15,22-25H2,1-4H3,(H,38,39,40)(H,41,42,43)(H,44,45,46);;;/q;3*+1/p-2. The molecule has 266 valence electrons. The van der Waals surface area contributed by atoms with Gasteiger partial charge in [0.15, 0.2) is 5.71 Å². The zero-order chi connectivity index (χ0) is 36.3. The minimum Gasteiger partial charge on any atom is -0.748 e. The monoisotopic (exact) mass is 847 g/mol. The smallest absolute Gasteiger partial charge is 0.748 e. The molecule has 2 aromatic rings. The van der Waals surface area contributed by atoms with Crippen LogP contribution in [-0.4, -0.2) is 73.8 Å². The second-order valence-electron chi connectivity index (χ2n) is 13.2. The van der Waals surface area contributed by atoms with Crippen LogP contribution in [-0.2, 0) is 41.2 Å². The maximum absolute atomic E-state index is 11.8. The summed E-state index contributed by atoms with van der Waals surface area (Å²) in [6.45, 7) is 9.03. The molecule has 0 aromatic heterocycles. The van der Waals surface area contributed by atoms with E-state index in [2.05, 4.69) is 24.5 Å². The Bertz CT molecular complexity index is 2070. The summed E-state index contributed by atoms with van der Waals surface area (Å²) in [5.41, 5.74) is 4.34. The van der Waals surface area contributed by atoms with Crippen LogP contribution < -0.4 is 159 Å². The molecule has 0 amide bonds. The number of nitrogens with zero attached hydrogens (tertiary/aromatic N) is 2. The van der Waals surface area contributed by atoms with E-state index < -0.39 is 41.5 Å². The van der Waals surface area contributed by atoms with Gasteiger partial charge in [-0.25, -0.2) is 21.4 Å². The molecule has 0 saturated heterocycles. The van der Waals surface area contributed by atoms with E-state index in [1.165, 1.54) is 12.1 Å². The third kappa shape index (κ3) is 13.8. The predicted octanol–water partition coefficient (Wildman–Crippen LogP) is -3.88. The van der Waals surface area contributed by atoms with Crippen LogP contribution in [0.4, 0.5) is 11.4 Å². The Morgan fingerprint density at radius 3 is 2.08 bits per heavy atom. The molecule has 0 bridgehead atoms. The van der Waals surface area contributed by atoms with Crippen molar-refractivity contribution >= 4 is 47.4 Å². The summed E-state index contributed by atoms with van der Waals surface area (Å²) < 4.78 is 102. The predicted molar refractivity (Wildman–Crippen MR) is 188 cm³/mol. The summed E-state index contributed by atoms with van der Waals surface area (Å²) in [4.78, 5) is 1.63. The van der Waals surface area contributed by atoms with Crippen molar-refractivity contribution in [3.8, 4) is 0 Å². The van der Waals surface area contributed by atoms with Crippen LogP contribution in [0.15, 0.2) is 89.5 Å². The number of benzene rings is 2. The van der Waals surface area contributed by atoms with Crippen LogP contribution in [0.2, 0.25) is 0 Å². The first-order chi connectivity index (χ1) is 22.7. The molecule has 1 N–H and O–H groups in total. The summed E-state index contributed by atoms with van der Waals surface area (Å²) in [5, 5.41) is 0. The molecule has 52 heavy (non-hydrogen) atoms. The first kappa shape index (κ1) is 51.5. The number of unbranched alkanes of at least 4 members (excludes halogenated alkanes) is 2. The summed E-state index contributed by atoms with van der Waals surface area (Å²) in [6, 6.07) is 13.2. The number of anilines is 1. The Morgan fingerprint density at radius 2 is 1.44 bits per heavy atom. The first-order valence-corrected chi connectivity index (χ1v) is 20.5. The molecule has 2 heterocycles. The van der Waals surface area contributed by atoms with E-state index in [0.717, 1.165) is 22.7 Å². The van der Waals surface area contributed by atoms with E-state index in [-0.39, 0.29) is 177 Å². The van der Waals surface area contributed by atoms with Gasteiger partial charge in [-0.1, -0.05) is 63.6 Å². The second-order valence-corrected chi connectivity index (χ2v) is 17.6. The van der Waals surface area contributed by atoms with Gasteiger partial charge in [-0.3, -0.25) is 4.55 Å². The maximum atomic E-state index is 11.8. The molecule has 0 fully saturated rings. The van der Waals surface area contributed by atoms with Crippen LogP contribution in [0.25, 0.3) is 0 Å². The Labute approximate surface area is 437 Å². The molecule has 0 aliphatic carbocycles. The average molecular weight is 848 g/mol. The van der Waals surface area contributed by atoms with Crippen molar-refractivity contribution in [3.05, 3.63) is 102 Å². The van der Waals surface area contributed by atoms with Gasteiger partial charge in [-0.05, 0) is 49.1 Å². The molecular formula is C35H42K3N2O9S3+. The van der Waals surface area contributed by atoms with Gasteiger partial charge in [-0.2, -0.15) is 26.6 Å². The van der Waals surface area contributed by atoms with Crippen molar-refractivity contribution < 1.29 is 198 Å². The van der Waals surface area contributed by atoms with E-state index >= 15 is 0 Å². The maximum Gasteiger partial charge on any atom is 1.00 e. The molecular weight excluding hydrogens is 806 g/mol. The minimum atomic E-state index is -4.68. The van der Waals surface area contributed by atoms with E-state index in [1.54, 1.807) is 6.07 Å². The summed E-state index contributed by atoms with van der Waals surface area (Å²) in [7, 11) is -13.0. The third-order valence-corrected chi connectivity index (χ3v) is 11.3. The molecule has 2 aromatic carbocycles. The van der Waals surface area contributed by atoms with Gasteiger partial charge in [0.05, 0.1) is 20.8 Å². The van der Waals surface area contributed by atoms with Gasteiger partial charge in [0.25, 0.3) is 10.1 Å². The Kier molecular flexibility index (Phi) is 21.3. The van der Waals surface area contributed by atoms with Crippen LogP contribution in [0, 0.1) is 6.07 Å². The number of rotatable bonds is 15. The van der Waals surface area contributed by atoms with Crippen molar-refractivity contribution in [2.45, 2.75) is 69.1 Å². The fourth-order valence-electron chi connectivity index (χ4n) is 6.44. The number of hydrogen-bond acceptors (Lipinski definition) is 9. The topological polar surface area (TPSA) is 175 Å². The fourth-order valence-corrected chi connectivity index (χ4v) is 8.07. The van der Waals surface area contributed by atoms with Gasteiger partial charge in [0.1, 0.15) is 22.4 Å². The summed E-state index contributed by atoms with van der Waals surface area (Å²) in [5.74, 6) is -0.764. The summed E-state index contributed by atoms with van der Waals surface area (Å²) >= 11 is 0. The average Bonchev–Trinajstić information content (AvgIpc) is 3.34. The zero-order valence-corrected chi connectivity index (χ0v) is 42.8. The normalized spacial score (nSPS) is 17.4. The Morgan fingerprint density at radius 1 is 0.808 bits per heavy atom. The molecule has 0 unspecified atom stereocenters. The van der Waals surface area contributed by atoms with Crippen LogP contribution >= 0.6 is 0 Å². The SMILES string of the molecule is CC1(C)C(/C=C/C=C/C=C/C=C2/N(CCCCS(=O)(=O)[O-])c3ccc(S(=O)(=O)[O-])cc3C2(C)C)=[N+](CCCCS(=O)(=O)O)c2cc[c-]cc21.[K+].[K+].[K+]. The first-order valence-electron chi connectivity index (χ1n) is 15.9. The second kappa shape index (κ2) is 21.5. The molecule has 2 aliphatic heterocycles. The molecule has 11 nitrogen and oxygen atoms in total. The van der Waals surface area contributed by atoms with Crippen LogP contribution in [0.5, 0.6) is 0 Å². The number of hydrogen-bond donors (Lipinski definition) is 1. The quantitative estimate of drug-likeness (QED) is 0.0467. The summed E-state index contributed by atoms with van der Waals surface area (Å²) in [6.07, 6.45) is 14.7. The number of fused-ring (bicyclic) bond motifs is 2. The molecule has 0 saturated carbocycles. The zero-order valence-electron chi connectivity index (χ0n) is 31.0. The van der Waals surface area contributed by atoms with Gasteiger partial charge < -0.3 is 14.0 Å². The van der Waals surface area contributed by atoms with Crippen LogP contribution in [0.1, 0.15) is 64.5 Å². The van der Waals surface area contributed by atoms with E-state index in [9.17, 15) is 34.4 Å². The van der Waals surface area contributed by atoms with Gasteiger partial charge in [-0.15, -0.1) is 6.07 Å². The van der Waals surface area contributed by atoms with Gasteiger partial charge in [0.2, 0.25) is 0 Å². The molecule has 0 radical (unpaired) electrons. The molecule has 17 heteroatoms. The van der Waals surface area contributed by atoms with Crippen molar-refractivity contribution in [3.63, 3.8) is 0 Å². The number of allylic oxidation sites excluding steroid dienone is 8. The van der Waals surface area contributed by atoms with E-state index in [4.69, 9.17) is 4.55 Å². The third-order valence-electron chi connectivity index (χ3n) is 8.90. The molecule has 2 aliphatic rings. The minimum absolute atomic E-state index is 0. The van der Waals surface area contributed by atoms with Crippen molar-refractivity contribution in [1.29, 1.82) is 0 Å². The van der Waals surface area contributed by atoms with Crippen molar-refractivity contribution in [2.75, 3.05) is 29.5 Å². The molecule has 4 rings (SSSR count). The van der Waals surface area contributed by atoms with Gasteiger partial charge >= 0.3 is 154 Å². The van der Waals surface area contributed by atoms with Gasteiger partial charge in [0, 0.05) is 47.0 Å². The van der Waals surface area contributed by atoms with Crippen molar-refractivity contribution in [1.82, 2.24) is 0 Å². The Hall–Kier alpha value is 1.51.